The number of hydrogen-bond donors (Lipinski definition) is 1. The summed E-state index contributed by atoms with van der Waals surface area (Å²) < 4.78 is 7.46. The number of aromatic nitrogens is 3. The number of hydrogen-bond acceptors (Lipinski definition) is 6. The summed E-state index contributed by atoms with van der Waals surface area (Å²) in [6, 6.07) is 14.8. The molecule has 31 heavy (non-hydrogen) atoms. The highest BCUT2D eigenvalue weighted by Crippen LogP contribution is 2.28. The third-order valence-electron chi connectivity index (χ3n) is 5.81. The summed E-state index contributed by atoms with van der Waals surface area (Å²) >= 11 is 0. The summed E-state index contributed by atoms with van der Waals surface area (Å²) in [4.78, 5) is 16.1. The second-order valence-electron chi connectivity index (χ2n) is 7.79. The van der Waals surface area contributed by atoms with Crippen molar-refractivity contribution in [1.29, 1.82) is 0 Å². The Morgan fingerprint density at radius 3 is 2.74 bits per heavy atom. The minimum Gasteiger partial charge on any atom is -0.378 e. The summed E-state index contributed by atoms with van der Waals surface area (Å²) in [5.74, 6) is 0.735. The fourth-order valence-corrected chi connectivity index (χ4v) is 4.14. The van der Waals surface area contributed by atoms with Gasteiger partial charge in [0.1, 0.15) is 0 Å². The lowest BCUT2D eigenvalue weighted by molar-refractivity contribution is 0.122. The van der Waals surface area contributed by atoms with Crippen molar-refractivity contribution in [1.82, 2.24) is 14.4 Å². The zero-order valence-electron chi connectivity index (χ0n) is 17.0. The average molecular weight is 410 g/mol. The number of morpholine rings is 1. The van der Waals surface area contributed by atoms with Crippen LogP contribution >= 0.6 is 0 Å². The van der Waals surface area contributed by atoms with Gasteiger partial charge in [-0.3, -0.25) is 4.99 Å². The van der Waals surface area contributed by atoms with Gasteiger partial charge in [0.05, 0.1) is 25.5 Å². The van der Waals surface area contributed by atoms with Gasteiger partial charge in [-0.15, -0.1) is 0 Å². The molecule has 2 aliphatic rings. The molecule has 7 heteroatoms. The molecule has 0 aliphatic carbocycles. The van der Waals surface area contributed by atoms with E-state index < -0.39 is 0 Å². The highest BCUT2D eigenvalue weighted by molar-refractivity contribution is 5.86. The summed E-state index contributed by atoms with van der Waals surface area (Å²) in [5.41, 5.74) is 7.38. The van der Waals surface area contributed by atoms with Crippen LogP contribution in [0.1, 0.15) is 11.1 Å². The van der Waals surface area contributed by atoms with Crippen LogP contribution in [0.4, 0.5) is 17.2 Å². The first-order valence-electron chi connectivity index (χ1n) is 10.5. The molecule has 0 bridgehead atoms. The van der Waals surface area contributed by atoms with E-state index in [1.165, 1.54) is 16.8 Å². The van der Waals surface area contributed by atoms with Crippen molar-refractivity contribution in [3.8, 4) is 11.3 Å². The molecular weight excluding hydrogens is 388 g/mol. The Labute approximate surface area is 180 Å². The highest BCUT2D eigenvalue weighted by Gasteiger charge is 2.14. The number of anilines is 3. The minimum absolute atomic E-state index is 0.733. The number of rotatable bonds is 4. The SMILES string of the molecule is C1=NCc2cc(-c3cn4ccnc4c(Nc4ccc(N5CCOCC5)cc4)n3)ccc21. The molecule has 0 amide bonds. The van der Waals surface area contributed by atoms with E-state index in [9.17, 15) is 0 Å². The zero-order chi connectivity index (χ0) is 20.6. The summed E-state index contributed by atoms with van der Waals surface area (Å²) in [7, 11) is 0. The standard InChI is InChI=1S/C24H22N6O/c1-2-18-14-25-15-19(18)13-17(1)22-16-30-8-7-26-24(30)23(28-22)27-20-3-5-21(6-4-20)29-9-11-31-12-10-29/h1-8,13-14,16H,9-12,15H2,(H,27,28). The van der Waals surface area contributed by atoms with Gasteiger partial charge in [-0.1, -0.05) is 12.1 Å². The van der Waals surface area contributed by atoms with Crippen molar-refractivity contribution in [2.45, 2.75) is 6.54 Å². The maximum atomic E-state index is 5.45. The van der Waals surface area contributed by atoms with Gasteiger partial charge in [0.2, 0.25) is 0 Å². The maximum absolute atomic E-state index is 5.45. The molecule has 7 nitrogen and oxygen atoms in total. The molecule has 1 N–H and O–H groups in total. The van der Waals surface area contributed by atoms with Crippen LogP contribution in [0.3, 0.4) is 0 Å². The summed E-state index contributed by atoms with van der Waals surface area (Å²) in [6.07, 6.45) is 7.69. The topological polar surface area (TPSA) is 67.0 Å². The van der Waals surface area contributed by atoms with E-state index in [1.807, 2.05) is 23.0 Å². The molecule has 2 aromatic heterocycles. The Hall–Kier alpha value is -3.71. The van der Waals surface area contributed by atoms with E-state index in [2.05, 4.69) is 62.7 Å². The second kappa shape index (κ2) is 7.52. The first kappa shape index (κ1) is 18.1. The van der Waals surface area contributed by atoms with Crippen molar-refractivity contribution in [3.05, 3.63) is 72.2 Å². The van der Waals surface area contributed by atoms with E-state index in [-0.39, 0.29) is 0 Å². The van der Waals surface area contributed by atoms with Crippen LogP contribution in [-0.4, -0.2) is 46.9 Å². The number of nitrogens with one attached hydrogen (secondary N) is 1. The van der Waals surface area contributed by atoms with E-state index in [4.69, 9.17) is 9.72 Å². The molecule has 4 aromatic rings. The van der Waals surface area contributed by atoms with Crippen molar-refractivity contribution < 1.29 is 4.74 Å². The lowest BCUT2D eigenvalue weighted by Gasteiger charge is -2.28. The lowest BCUT2D eigenvalue weighted by Crippen LogP contribution is -2.36. The number of nitrogens with zero attached hydrogens (tertiary/aromatic N) is 5. The Morgan fingerprint density at radius 1 is 1.00 bits per heavy atom. The molecule has 2 aliphatic heterocycles. The van der Waals surface area contributed by atoms with Crippen molar-refractivity contribution in [2.75, 3.05) is 36.5 Å². The molecule has 0 radical (unpaired) electrons. The van der Waals surface area contributed by atoms with Gasteiger partial charge in [-0.25, -0.2) is 9.97 Å². The highest BCUT2D eigenvalue weighted by atomic mass is 16.5. The second-order valence-corrected chi connectivity index (χ2v) is 7.79. The Bertz CT molecular complexity index is 1270. The molecule has 0 spiro atoms. The van der Waals surface area contributed by atoms with Gasteiger partial charge < -0.3 is 19.4 Å². The monoisotopic (exact) mass is 410 g/mol. The predicted molar refractivity (Wildman–Crippen MR) is 122 cm³/mol. The third kappa shape index (κ3) is 3.43. The molecule has 1 fully saturated rings. The van der Waals surface area contributed by atoms with Gasteiger partial charge in [0.15, 0.2) is 11.5 Å². The number of ether oxygens (including phenoxy) is 1. The van der Waals surface area contributed by atoms with Crippen LogP contribution in [-0.2, 0) is 11.3 Å². The molecule has 0 saturated carbocycles. The van der Waals surface area contributed by atoms with Gasteiger partial charge in [0, 0.05) is 54.8 Å². The average Bonchev–Trinajstić information content (AvgIpc) is 3.49. The maximum Gasteiger partial charge on any atom is 0.180 e. The minimum atomic E-state index is 0.733. The van der Waals surface area contributed by atoms with Crippen LogP contribution in [0.15, 0.2) is 66.0 Å². The quantitative estimate of drug-likeness (QED) is 0.553. The van der Waals surface area contributed by atoms with Gasteiger partial charge >= 0.3 is 0 Å². The molecular formula is C24H22N6O. The molecule has 154 valence electrons. The van der Waals surface area contributed by atoms with E-state index >= 15 is 0 Å². The van der Waals surface area contributed by atoms with Gasteiger partial charge in [-0.2, -0.15) is 0 Å². The lowest BCUT2D eigenvalue weighted by atomic mass is 10.0. The molecule has 4 heterocycles. The molecule has 0 unspecified atom stereocenters. The molecule has 0 atom stereocenters. The van der Waals surface area contributed by atoms with Gasteiger partial charge in [0.25, 0.3) is 0 Å². The molecule has 2 aromatic carbocycles. The van der Waals surface area contributed by atoms with E-state index in [0.717, 1.165) is 61.3 Å². The van der Waals surface area contributed by atoms with E-state index in [1.54, 1.807) is 6.20 Å². The number of fused-ring (bicyclic) bond motifs is 2. The first-order valence-corrected chi connectivity index (χ1v) is 10.5. The van der Waals surface area contributed by atoms with Crippen LogP contribution in [0.5, 0.6) is 0 Å². The molecule has 6 rings (SSSR count). The van der Waals surface area contributed by atoms with Crippen molar-refractivity contribution >= 4 is 29.1 Å². The van der Waals surface area contributed by atoms with Crippen LogP contribution in [0.25, 0.3) is 16.9 Å². The smallest absolute Gasteiger partial charge is 0.180 e. The van der Waals surface area contributed by atoms with Crippen LogP contribution in [0, 0.1) is 0 Å². The fraction of sp³-hybridized carbons (Fsp3) is 0.208. The number of benzene rings is 2. The van der Waals surface area contributed by atoms with Crippen LogP contribution < -0.4 is 10.2 Å². The zero-order valence-corrected chi connectivity index (χ0v) is 17.0. The number of imidazole rings is 1. The summed E-state index contributed by atoms with van der Waals surface area (Å²) in [6.45, 7) is 4.15. The first-order chi connectivity index (χ1) is 15.3. The largest absolute Gasteiger partial charge is 0.378 e. The summed E-state index contributed by atoms with van der Waals surface area (Å²) in [5, 5.41) is 3.46. The predicted octanol–water partition coefficient (Wildman–Crippen LogP) is 3.91. The Kier molecular flexibility index (Phi) is 4.39. The third-order valence-corrected chi connectivity index (χ3v) is 5.81. The van der Waals surface area contributed by atoms with E-state index in [0.29, 0.717) is 0 Å². The fourth-order valence-electron chi connectivity index (χ4n) is 4.14. The van der Waals surface area contributed by atoms with Crippen LogP contribution in [0.2, 0.25) is 0 Å². The Balaban J connectivity index is 1.32. The van der Waals surface area contributed by atoms with Crippen molar-refractivity contribution in [3.63, 3.8) is 0 Å². The molecule has 1 saturated heterocycles. The van der Waals surface area contributed by atoms with Gasteiger partial charge in [-0.05, 0) is 41.5 Å². The van der Waals surface area contributed by atoms with Crippen molar-refractivity contribution in [2.24, 2.45) is 4.99 Å². The number of aliphatic imine (C=N–C) groups is 1. The normalized spacial score (nSPS) is 15.4. The Morgan fingerprint density at radius 2 is 1.87 bits per heavy atom.